The van der Waals surface area contributed by atoms with E-state index in [1.807, 2.05) is 49.7 Å². The van der Waals surface area contributed by atoms with Crippen LogP contribution in [-0.4, -0.2) is 42.3 Å². The van der Waals surface area contributed by atoms with Crippen molar-refractivity contribution in [2.45, 2.75) is 33.7 Å². The number of hydrogen-bond donors (Lipinski definition) is 1. The number of carbonyl (C=O) groups excluding carboxylic acids is 1. The van der Waals surface area contributed by atoms with Gasteiger partial charge in [0.25, 0.3) is 0 Å². The third-order valence-electron chi connectivity index (χ3n) is 5.26. The van der Waals surface area contributed by atoms with Crippen molar-refractivity contribution in [3.63, 3.8) is 0 Å². The summed E-state index contributed by atoms with van der Waals surface area (Å²) < 4.78 is 27.6. The summed E-state index contributed by atoms with van der Waals surface area (Å²) in [4.78, 5) is 14.6. The summed E-state index contributed by atoms with van der Waals surface area (Å²) >= 11 is 0. The van der Waals surface area contributed by atoms with E-state index in [-0.39, 0.29) is 12.3 Å². The molecule has 1 heterocycles. The first-order valence-electron chi connectivity index (χ1n) is 9.97. The van der Waals surface area contributed by atoms with E-state index < -0.39 is 10.0 Å². The fraction of sp³-hybridized carbons (Fsp3) is 0.304. The number of nitrogens with zero attached hydrogens (tertiary/aromatic N) is 3. The molecule has 8 heteroatoms. The van der Waals surface area contributed by atoms with E-state index in [0.29, 0.717) is 17.8 Å². The van der Waals surface area contributed by atoms with E-state index in [1.54, 1.807) is 36.2 Å². The van der Waals surface area contributed by atoms with Crippen LogP contribution in [-0.2, 0) is 27.8 Å². The van der Waals surface area contributed by atoms with Crippen molar-refractivity contribution >= 4 is 21.6 Å². The maximum Gasteiger partial charge on any atom is 0.229 e. The minimum atomic E-state index is -3.43. The van der Waals surface area contributed by atoms with Crippen LogP contribution in [0.15, 0.2) is 48.5 Å². The van der Waals surface area contributed by atoms with Gasteiger partial charge in [0.15, 0.2) is 0 Å². The second kappa shape index (κ2) is 8.93. The molecule has 3 rings (SSSR count). The summed E-state index contributed by atoms with van der Waals surface area (Å²) in [5.74, 6) is -0.106. The molecule has 0 unspecified atom stereocenters. The molecule has 164 valence electrons. The lowest BCUT2D eigenvalue weighted by Crippen LogP contribution is -2.28. The monoisotopic (exact) mass is 440 g/mol. The van der Waals surface area contributed by atoms with Crippen LogP contribution >= 0.6 is 0 Å². The van der Waals surface area contributed by atoms with Crippen molar-refractivity contribution in [3.8, 4) is 5.69 Å². The van der Waals surface area contributed by atoms with Crippen LogP contribution in [0.25, 0.3) is 5.69 Å². The van der Waals surface area contributed by atoms with Crippen molar-refractivity contribution in [1.82, 2.24) is 14.7 Å². The summed E-state index contributed by atoms with van der Waals surface area (Å²) in [7, 11) is -1.68. The molecule has 1 N–H and O–H groups in total. The molecule has 7 nitrogen and oxygen atoms in total. The Bertz CT molecular complexity index is 1220. The number of aromatic nitrogens is 2. The molecule has 2 aromatic carbocycles. The number of amides is 1. The Morgan fingerprint density at radius 1 is 1.06 bits per heavy atom. The number of benzene rings is 2. The van der Waals surface area contributed by atoms with E-state index in [0.717, 1.165) is 34.5 Å². The third kappa shape index (κ3) is 5.32. The minimum Gasteiger partial charge on any atom is -0.341 e. The van der Waals surface area contributed by atoms with E-state index in [1.165, 1.54) is 0 Å². The van der Waals surface area contributed by atoms with Gasteiger partial charge in [0.05, 0.1) is 29.7 Å². The van der Waals surface area contributed by atoms with Gasteiger partial charge >= 0.3 is 0 Å². The van der Waals surface area contributed by atoms with E-state index in [4.69, 9.17) is 5.10 Å². The molecule has 3 aromatic rings. The molecule has 1 amide bonds. The van der Waals surface area contributed by atoms with Crippen molar-refractivity contribution in [3.05, 3.63) is 76.6 Å². The molecule has 0 radical (unpaired) electrons. The molecular weight excluding hydrogens is 412 g/mol. The summed E-state index contributed by atoms with van der Waals surface area (Å²) in [6, 6.07) is 15.0. The molecule has 0 fully saturated rings. The van der Waals surface area contributed by atoms with Gasteiger partial charge in [-0.3, -0.25) is 9.52 Å². The summed E-state index contributed by atoms with van der Waals surface area (Å²) in [5, 5.41) is 4.69. The molecule has 0 spiro atoms. The molecule has 0 bridgehead atoms. The second-order valence-corrected chi connectivity index (χ2v) is 9.55. The fourth-order valence-electron chi connectivity index (χ4n) is 3.54. The highest BCUT2D eigenvalue weighted by molar-refractivity contribution is 7.92. The summed E-state index contributed by atoms with van der Waals surface area (Å²) in [6.07, 6.45) is 1.19. The van der Waals surface area contributed by atoms with Gasteiger partial charge in [-0.15, -0.1) is 0 Å². The maximum absolute atomic E-state index is 12.9. The zero-order valence-electron chi connectivity index (χ0n) is 18.5. The quantitative estimate of drug-likeness (QED) is 0.611. The van der Waals surface area contributed by atoms with Gasteiger partial charge < -0.3 is 4.90 Å². The molecular formula is C23H28N4O3S. The first-order valence-corrected chi connectivity index (χ1v) is 11.9. The number of likely N-dealkylation sites (N-methyl/N-ethyl adjacent to an activating group) is 1. The average Bonchev–Trinajstić information content (AvgIpc) is 2.96. The maximum atomic E-state index is 12.9. The molecule has 0 saturated carbocycles. The lowest BCUT2D eigenvalue weighted by molar-refractivity contribution is -0.129. The van der Waals surface area contributed by atoms with Gasteiger partial charge in [-0.05, 0) is 44.0 Å². The lowest BCUT2D eigenvalue weighted by Gasteiger charge is -2.19. The summed E-state index contributed by atoms with van der Waals surface area (Å²) in [5.41, 5.74) is 6.07. The van der Waals surface area contributed by atoms with Crippen LogP contribution in [0, 0.1) is 20.8 Å². The zero-order valence-corrected chi connectivity index (χ0v) is 19.3. The molecule has 0 atom stereocenters. The van der Waals surface area contributed by atoms with Gasteiger partial charge in [-0.25, -0.2) is 13.1 Å². The number of carbonyl (C=O) groups is 1. The van der Waals surface area contributed by atoms with Gasteiger partial charge in [0.2, 0.25) is 15.9 Å². The predicted molar refractivity (Wildman–Crippen MR) is 123 cm³/mol. The van der Waals surface area contributed by atoms with Crippen LogP contribution in [0.3, 0.4) is 0 Å². The first-order chi connectivity index (χ1) is 14.6. The first kappa shape index (κ1) is 22.6. The van der Waals surface area contributed by atoms with Crippen molar-refractivity contribution in [2.24, 2.45) is 0 Å². The van der Waals surface area contributed by atoms with Crippen LogP contribution in [0.1, 0.15) is 28.1 Å². The highest BCUT2D eigenvalue weighted by atomic mass is 32.2. The van der Waals surface area contributed by atoms with Gasteiger partial charge in [0, 0.05) is 24.8 Å². The molecule has 0 aliphatic carbocycles. The molecule has 1 aromatic heterocycles. The van der Waals surface area contributed by atoms with Crippen LogP contribution < -0.4 is 4.72 Å². The Balaban J connectivity index is 1.80. The standard InChI is InChI=1S/C23H28N4O3S/c1-16-10-6-9-13-22(16)27-18(3)20(17(2)24-27)15-26(4)23(28)14-19-11-7-8-12-21(19)25-31(5,29)30/h6-13,25H,14-15H2,1-5H3. The molecule has 0 aliphatic heterocycles. The number of sulfonamides is 1. The highest BCUT2D eigenvalue weighted by Crippen LogP contribution is 2.22. The number of rotatable bonds is 7. The van der Waals surface area contributed by atoms with Crippen LogP contribution in [0.4, 0.5) is 5.69 Å². The number of aryl methyl sites for hydroxylation is 2. The predicted octanol–water partition coefficient (Wildman–Crippen LogP) is 3.37. The van der Waals surface area contributed by atoms with Gasteiger partial charge in [-0.1, -0.05) is 36.4 Å². The number of para-hydroxylation sites is 2. The normalized spacial score (nSPS) is 11.4. The smallest absolute Gasteiger partial charge is 0.229 e. The Kier molecular flexibility index (Phi) is 6.50. The average molecular weight is 441 g/mol. The van der Waals surface area contributed by atoms with Gasteiger partial charge in [-0.2, -0.15) is 5.10 Å². The molecule has 0 aliphatic rings. The zero-order chi connectivity index (χ0) is 22.8. The van der Waals surface area contributed by atoms with Crippen molar-refractivity contribution in [1.29, 1.82) is 0 Å². The minimum absolute atomic E-state index is 0.0964. The fourth-order valence-corrected chi connectivity index (χ4v) is 4.14. The van der Waals surface area contributed by atoms with Crippen LogP contribution in [0.2, 0.25) is 0 Å². The largest absolute Gasteiger partial charge is 0.341 e. The van der Waals surface area contributed by atoms with E-state index >= 15 is 0 Å². The number of anilines is 1. The van der Waals surface area contributed by atoms with Gasteiger partial charge in [0.1, 0.15) is 0 Å². The Morgan fingerprint density at radius 3 is 2.39 bits per heavy atom. The van der Waals surface area contributed by atoms with E-state index in [9.17, 15) is 13.2 Å². The summed E-state index contributed by atoms with van der Waals surface area (Å²) in [6.45, 7) is 6.42. The van der Waals surface area contributed by atoms with Crippen molar-refractivity contribution < 1.29 is 13.2 Å². The SMILES string of the molecule is Cc1ccccc1-n1nc(C)c(CN(C)C(=O)Cc2ccccc2NS(C)(=O)=O)c1C. The highest BCUT2D eigenvalue weighted by Gasteiger charge is 2.19. The number of nitrogens with one attached hydrogen (secondary N) is 1. The Hall–Kier alpha value is -3.13. The lowest BCUT2D eigenvalue weighted by atomic mass is 10.1. The molecule has 0 saturated heterocycles. The number of hydrogen-bond acceptors (Lipinski definition) is 4. The second-order valence-electron chi connectivity index (χ2n) is 7.81. The Morgan fingerprint density at radius 2 is 1.71 bits per heavy atom. The van der Waals surface area contributed by atoms with Crippen LogP contribution in [0.5, 0.6) is 0 Å². The third-order valence-corrected chi connectivity index (χ3v) is 5.85. The van der Waals surface area contributed by atoms with E-state index in [2.05, 4.69) is 4.72 Å². The van der Waals surface area contributed by atoms with Crippen molar-refractivity contribution in [2.75, 3.05) is 18.0 Å². The Labute approximate surface area is 183 Å². The topological polar surface area (TPSA) is 84.3 Å². The molecule has 31 heavy (non-hydrogen) atoms.